The average Bonchev–Trinajstić information content (AvgIpc) is 2.65. The van der Waals surface area contributed by atoms with Gasteiger partial charge in [0.05, 0.1) is 5.69 Å². The van der Waals surface area contributed by atoms with Gasteiger partial charge in [0.25, 0.3) is 0 Å². The number of hydrogen-bond donors (Lipinski definition) is 3. The molecule has 6 nitrogen and oxygen atoms in total. The highest BCUT2D eigenvalue weighted by atomic mass is 16.3. The van der Waals surface area contributed by atoms with Gasteiger partial charge in [0, 0.05) is 5.56 Å². The minimum absolute atomic E-state index is 0.0346. The lowest BCUT2D eigenvalue weighted by Gasteiger charge is -2.05. The highest BCUT2D eigenvalue weighted by Gasteiger charge is 2.05. The maximum absolute atomic E-state index is 9.82. The Hall–Kier alpha value is -3.67. The lowest BCUT2D eigenvalue weighted by Crippen LogP contribution is -2.01. The van der Waals surface area contributed by atoms with Gasteiger partial charge in [-0.25, -0.2) is 0 Å². The van der Waals surface area contributed by atoms with Crippen molar-refractivity contribution in [3.63, 3.8) is 0 Å². The van der Waals surface area contributed by atoms with E-state index in [2.05, 4.69) is 20.8 Å². The summed E-state index contributed by atoms with van der Waals surface area (Å²) in [5, 5.41) is 32.0. The number of rotatable bonds is 4. The summed E-state index contributed by atoms with van der Waals surface area (Å²) in [5.41, 5.74) is 4.32. The molecular formula is C19H16N4O2. The molecule has 0 atom stereocenters. The van der Waals surface area contributed by atoms with Gasteiger partial charge < -0.3 is 10.2 Å². The first-order valence-corrected chi connectivity index (χ1v) is 7.61. The maximum atomic E-state index is 9.82. The Balaban J connectivity index is 1.92. The molecule has 0 radical (unpaired) electrons. The highest BCUT2D eigenvalue weighted by Crippen LogP contribution is 2.26. The molecule has 3 aromatic carbocycles. The zero-order valence-electron chi connectivity index (χ0n) is 13.2. The predicted molar refractivity (Wildman–Crippen MR) is 97.3 cm³/mol. The topological polar surface area (TPSA) is 89.6 Å². The van der Waals surface area contributed by atoms with E-state index in [0.29, 0.717) is 17.2 Å². The van der Waals surface area contributed by atoms with Crippen molar-refractivity contribution in [3.05, 3.63) is 84.4 Å². The maximum Gasteiger partial charge on any atom is 0.201 e. The summed E-state index contributed by atoms with van der Waals surface area (Å²) >= 11 is 0. The minimum Gasteiger partial charge on any atom is -0.506 e. The molecule has 0 heterocycles. The number of para-hydroxylation sites is 3. The van der Waals surface area contributed by atoms with Gasteiger partial charge in [0.1, 0.15) is 17.2 Å². The predicted octanol–water partition coefficient (Wildman–Crippen LogP) is 4.66. The SMILES string of the molecule is Oc1ccccc1/N=N/C(=N/Nc1ccccc1O)c1ccccc1. The first-order valence-electron chi connectivity index (χ1n) is 7.61. The Morgan fingerprint density at radius 2 is 1.36 bits per heavy atom. The Bertz CT molecular complexity index is 908. The van der Waals surface area contributed by atoms with Crippen LogP contribution in [0.15, 0.2) is 94.2 Å². The zero-order valence-corrected chi connectivity index (χ0v) is 13.2. The Morgan fingerprint density at radius 3 is 2.08 bits per heavy atom. The molecule has 0 saturated heterocycles. The normalized spacial score (nSPS) is 11.6. The van der Waals surface area contributed by atoms with Crippen LogP contribution in [0.1, 0.15) is 5.56 Å². The second kappa shape index (κ2) is 7.74. The number of hydrazone groups is 1. The van der Waals surface area contributed by atoms with E-state index in [1.807, 2.05) is 30.3 Å². The molecule has 0 amide bonds. The van der Waals surface area contributed by atoms with E-state index in [1.165, 1.54) is 6.07 Å². The van der Waals surface area contributed by atoms with Crippen molar-refractivity contribution in [3.8, 4) is 11.5 Å². The van der Waals surface area contributed by atoms with Crippen LogP contribution in [-0.2, 0) is 0 Å². The molecule has 3 rings (SSSR count). The third-order valence-corrected chi connectivity index (χ3v) is 3.35. The van der Waals surface area contributed by atoms with Gasteiger partial charge in [-0.1, -0.05) is 54.6 Å². The number of benzene rings is 3. The number of nitrogens with one attached hydrogen (secondary N) is 1. The van der Waals surface area contributed by atoms with Crippen molar-refractivity contribution in [2.24, 2.45) is 15.3 Å². The van der Waals surface area contributed by atoms with Crippen LogP contribution in [0.25, 0.3) is 0 Å². The van der Waals surface area contributed by atoms with Crippen LogP contribution in [0.5, 0.6) is 11.5 Å². The summed E-state index contributed by atoms with van der Waals surface area (Å²) in [4.78, 5) is 0. The molecule has 0 bridgehead atoms. The standard InChI is InChI=1S/C19H16N4O2/c24-17-12-6-4-10-15(17)20-22-19(14-8-2-1-3-9-14)23-21-16-11-5-7-13-18(16)25/h1-13,20,24-25H/b22-19+,23-21+. The van der Waals surface area contributed by atoms with E-state index in [4.69, 9.17) is 0 Å². The fourth-order valence-corrected chi connectivity index (χ4v) is 2.06. The van der Waals surface area contributed by atoms with Crippen LogP contribution < -0.4 is 5.43 Å². The van der Waals surface area contributed by atoms with Gasteiger partial charge in [-0.05, 0) is 24.3 Å². The summed E-state index contributed by atoms with van der Waals surface area (Å²) in [5.74, 6) is 0.427. The van der Waals surface area contributed by atoms with Gasteiger partial charge in [-0.3, -0.25) is 5.43 Å². The van der Waals surface area contributed by atoms with Crippen molar-refractivity contribution < 1.29 is 10.2 Å². The summed E-state index contributed by atoms with van der Waals surface area (Å²) in [6, 6.07) is 22.7. The fourth-order valence-electron chi connectivity index (χ4n) is 2.06. The third-order valence-electron chi connectivity index (χ3n) is 3.35. The monoisotopic (exact) mass is 332 g/mol. The quantitative estimate of drug-likeness (QED) is 0.213. The molecule has 0 saturated carbocycles. The van der Waals surface area contributed by atoms with E-state index < -0.39 is 0 Å². The summed E-state index contributed by atoms with van der Waals surface area (Å²) in [6.07, 6.45) is 0. The lowest BCUT2D eigenvalue weighted by atomic mass is 10.2. The van der Waals surface area contributed by atoms with Crippen LogP contribution in [0.4, 0.5) is 11.4 Å². The Labute approximate surface area is 144 Å². The number of azo groups is 1. The third kappa shape index (κ3) is 4.20. The molecule has 0 fully saturated rings. The number of amidine groups is 1. The average molecular weight is 332 g/mol. The van der Waals surface area contributed by atoms with Crippen LogP contribution in [-0.4, -0.2) is 16.0 Å². The highest BCUT2D eigenvalue weighted by molar-refractivity contribution is 5.99. The van der Waals surface area contributed by atoms with Crippen LogP contribution in [0.2, 0.25) is 0 Å². The molecule has 3 N–H and O–H groups in total. The molecule has 0 unspecified atom stereocenters. The molecule has 3 aromatic rings. The number of nitrogens with zero attached hydrogens (tertiary/aromatic N) is 3. The summed E-state index contributed by atoms with van der Waals surface area (Å²) in [6.45, 7) is 0. The van der Waals surface area contributed by atoms with Gasteiger partial charge in [-0.2, -0.15) is 5.10 Å². The molecule has 0 aromatic heterocycles. The van der Waals surface area contributed by atoms with Crippen LogP contribution in [0, 0.1) is 0 Å². The lowest BCUT2D eigenvalue weighted by molar-refractivity contribution is 0.476. The molecule has 0 aliphatic rings. The number of hydrogen-bond acceptors (Lipinski definition) is 5. The second-order valence-corrected chi connectivity index (χ2v) is 5.12. The fraction of sp³-hybridized carbons (Fsp3) is 0. The van der Waals surface area contributed by atoms with Gasteiger partial charge >= 0.3 is 0 Å². The molecule has 0 aliphatic heterocycles. The van der Waals surface area contributed by atoms with E-state index in [0.717, 1.165) is 5.56 Å². The first-order chi connectivity index (χ1) is 12.2. The molecule has 124 valence electrons. The van der Waals surface area contributed by atoms with E-state index in [9.17, 15) is 10.2 Å². The van der Waals surface area contributed by atoms with Crippen LogP contribution >= 0.6 is 0 Å². The van der Waals surface area contributed by atoms with E-state index in [-0.39, 0.29) is 11.5 Å². The Morgan fingerprint density at radius 1 is 0.720 bits per heavy atom. The van der Waals surface area contributed by atoms with Crippen molar-refractivity contribution in [2.45, 2.75) is 0 Å². The van der Waals surface area contributed by atoms with Crippen molar-refractivity contribution in [2.75, 3.05) is 5.43 Å². The first kappa shape index (κ1) is 16.2. The summed E-state index contributed by atoms with van der Waals surface area (Å²) < 4.78 is 0. The van der Waals surface area contributed by atoms with Gasteiger partial charge in [0.15, 0.2) is 0 Å². The van der Waals surface area contributed by atoms with Crippen LogP contribution in [0.3, 0.4) is 0 Å². The van der Waals surface area contributed by atoms with E-state index >= 15 is 0 Å². The molecular weight excluding hydrogens is 316 g/mol. The number of phenols is 2. The largest absolute Gasteiger partial charge is 0.506 e. The van der Waals surface area contributed by atoms with Crippen molar-refractivity contribution >= 4 is 17.2 Å². The number of anilines is 1. The van der Waals surface area contributed by atoms with Crippen molar-refractivity contribution in [1.82, 2.24) is 0 Å². The molecule has 0 aliphatic carbocycles. The summed E-state index contributed by atoms with van der Waals surface area (Å²) in [7, 11) is 0. The number of phenolic OH excluding ortho intramolecular Hbond substituents is 2. The molecule has 25 heavy (non-hydrogen) atoms. The minimum atomic E-state index is 0.0346. The van der Waals surface area contributed by atoms with Gasteiger partial charge in [-0.15, -0.1) is 10.2 Å². The Kier molecular flexibility index (Phi) is 5.01. The molecule has 0 spiro atoms. The smallest absolute Gasteiger partial charge is 0.201 e. The number of aromatic hydroxyl groups is 2. The van der Waals surface area contributed by atoms with Gasteiger partial charge in [0.2, 0.25) is 5.84 Å². The van der Waals surface area contributed by atoms with E-state index in [1.54, 1.807) is 42.5 Å². The van der Waals surface area contributed by atoms with Crippen molar-refractivity contribution in [1.29, 1.82) is 0 Å². The zero-order chi connectivity index (χ0) is 17.5. The second-order valence-electron chi connectivity index (χ2n) is 5.12. The molecule has 6 heteroatoms.